The molecule has 19 heavy (non-hydrogen) atoms. The van der Waals surface area contributed by atoms with Crippen LogP contribution in [-0.2, 0) is 11.3 Å². The van der Waals surface area contributed by atoms with Crippen LogP contribution in [0, 0.1) is 0 Å². The van der Waals surface area contributed by atoms with Crippen LogP contribution >= 0.6 is 0 Å². The van der Waals surface area contributed by atoms with Crippen LogP contribution in [0.3, 0.4) is 0 Å². The van der Waals surface area contributed by atoms with Crippen molar-refractivity contribution in [2.75, 3.05) is 6.54 Å². The Labute approximate surface area is 114 Å². The van der Waals surface area contributed by atoms with Gasteiger partial charge in [-0.1, -0.05) is 24.3 Å². The minimum absolute atomic E-state index is 0.249. The maximum absolute atomic E-state index is 10.7. The Morgan fingerprint density at radius 3 is 2.68 bits per heavy atom. The van der Waals surface area contributed by atoms with Gasteiger partial charge >= 0.3 is 5.97 Å². The molecule has 0 radical (unpaired) electrons. The van der Waals surface area contributed by atoms with Crippen molar-refractivity contribution in [2.24, 2.45) is 0 Å². The topological polar surface area (TPSA) is 40.5 Å². The third-order valence-corrected chi connectivity index (χ3v) is 4.06. The molecule has 0 saturated heterocycles. The van der Waals surface area contributed by atoms with Gasteiger partial charge in [-0.25, -0.2) is 0 Å². The smallest absolute Gasteiger partial charge is 0.304 e. The number of hydrogen-bond acceptors (Lipinski definition) is 2. The van der Waals surface area contributed by atoms with Crippen LogP contribution in [0.1, 0.15) is 49.1 Å². The van der Waals surface area contributed by atoms with Gasteiger partial charge in [-0.2, -0.15) is 0 Å². The quantitative estimate of drug-likeness (QED) is 0.818. The fourth-order valence-corrected chi connectivity index (χ4v) is 2.67. The number of hydrogen-bond donors (Lipinski definition) is 1. The second kappa shape index (κ2) is 5.33. The second-order valence-corrected chi connectivity index (χ2v) is 5.86. The summed E-state index contributed by atoms with van der Waals surface area (Å²) in [6.45, 7) is 1.58. The van der Waals surface area contributed by atoms with Crippen LogP contribution in [0.15, 0.2) is 24.3 Å². The van der Waals surface area contributed by atoms with Crippen LogP contribution in [0.2, 0.25) is 0 Å². The molecule has 3 nitrogen and oxygen atoms in total. The molecule has 0 aromatic heterocycles. The summed E-state index contributed by atoms with van der Waals surface area (Å²) in [6, 6.07) is 9.46. The average molecular weight is 259 g/mol. The number of rotatable bonds is 7. The molecule has 0 amide bonds. The van der Waals surface area contributed by atoms with Crippen LogP contribution < -0.4 is 0 Å². The molecule has 3 heteroatoms. The van der Waals surface area contributed by atoms with E-state index >= 15 is 0 Å². The Kier molecular flexibility index (Phi) is 3.56. The molecule has 1 aromatic rings. The molecule has 2 aliphatic carbocycles. The van der Waals surface area contributed by atoms with Gasteiger partial charge in [0, 0.05) is 19.1 Å². The molecule has 0 bridgehead atoms. The number of carboxylic acid groups (broad SMARTS) is 1. The number of nitrogens with zero attached hydrogens (tertiary/aromatic N) is 1. The van der Waals surface area contributed by atoms with Gasteiger partial charge in [-0.05, 0) is 42.7 Å². The SMILES string of the molecule is O=C(O)CCN(Cc1cccc(C2CC2)c1)C1CC1. The van der Waals surface area contributed by atoms with E-state index in [0.29, 0.717) is 12.6 Å². The molecule has 0 spiro atoms. The number of carbonyl (C=O) groups is 1. The Morgan fingerprint density at radius 1 is 1.26 bits per heavy atom. The van der Waals surface area contributed by atoms with E-state index in [2.05, 4.69) is 29.2 Å². The first-order valence-corrected chi connectivity index (χ1v) is 7.27. The van der Waals surface area contributed by atoms with Crippen molar-refractivity contribution in [1.82, 2.24) is 4.90 Å². The summed E-state index contributed by atoms with van der Waals surface area (Å²) in [6.07, 6.45) is 5.35. The summed E-state index contributed by atoms with van der Waals surface area (Å²) < 4.78 is 0. The molecule has 1 N–H and O–H groups in total. The second-order valence-electron chi connectivity index (χ2n) is 5.86. The summed E-state index contributed by atoms with van der Waals surface area (Å²) in [5, 5.41) is 8.83. The standard InChI is InChI=1S/C16H21NO2/c18-16(19)8-9-17(15-6-7-15)11-12-2-1-3-14(10-12)13-4-5-13/h1-3,10,13,15H,4-9,11H2,(H,18,19). The largest absolute Gasteiger partial charge is 0.481 e. The van der Waals surface area contributed by atoms with Crippen LogP contribution in [0.5, 0.6) is 0 Å². The predicted molar refractivity (Wildman–Crippen MR) is 74.1 cm³/mol. The predicted octanol–water partition coefficient (Wildman–Crippen LogP) is 3.00. The monoisotopic (exact) mass is 259 g/mol. The fraction of sp³-hybridized carbons (Fsp3) is 0.562. The molecule has 0 heterocycles. The first kappa shape index (κ1) is 12.7. The highest BCUT2D eigenvalue weighted by atomic mass is 16.4. The minimum Gasteiger partial charge on any atom is -0.481 e. The maximum atomic E-state index is 10.7. The summed E-state index contributed by atoms with van der Waals surface area (Å²) in [5.41, 5.74) is 2.80. The van der Waals surface area contributed by atoms with Gasteiger partial charge in [0.1, 0.15) is 0 Å². The lowest BCUT2D eigenvalue weighted by Gasteiger charge is -2.21. The van der Waals surface area contributed by atoms with Crippen molar-refractivity contribution < 1.29 is 9.90 Å². The van der Waals surface area contributed by atoms with Crippen molar-refractivity contribution in [1.29, 1.82) is 0 Å². The molecular weight excluding hydrogens is 238 g/mol. The van der Waals surface area contributed by atoms with Crippen LogP contribution in [-0.4, -0.2) is 28.6 Å². The van der Waals surface area contributed by atoms with E-state index in [1.807, 2.05) is 0 Å². The molecule has 2 saturated carbocycles. The Morgan fingerprint density at radius 2 is 2.05 bits per heavy atom. The van der Waals surface area contributed by atoms with E-state index in [-0.39, 0.29) is 6.42 Å². The first-order valence-electron chi connectivity index (χ1n) is 7.27. The lowest BCUT2D eigenvalue weighted by Crippen LogP contribution is -2.28. The van der Waals surface area contributed by atoms with E-state index < -0.39 is 5.97 Å². The van der Waals surface area contributed by atoms with Gasteiger partial charge in [-0.15, -0.1) is 0 Å². The van der Waals surface area contributed by atoms with Crippen LogP contribution in [0.25, 0.3) is 0 Å². The molecule has 1 aromatic carbocycles. The van der Waals surface area contributed by atoms with Gasteiger partial charge in [0.15, 0.2) is 0 Å². The molecule has 0 atom stereocenters. The Bertz CT molecular complexity index is 464. The van der Waals surface area contributed by atoms with E-state index in [1.54, 1.807) is 0 Å². The van der Waals surface area contributed by atoms with Gasteiger partial charge in [-0.3, -0.25) is 9.69 Å². The van der Waals surface area contributed by atoms with E-state index in [9.17, 15) is 4.79 Å². The average Bonchev–Trinajstić information content (AvgIpc) is 3.28. The van der Waals surface area contributed by atoms with Crippen molar-refractivity contribution in [3.8, 4) is 0 Å². The number of aliphatic carboxylic acids is 1. The van der Waals surface area contributed by atoms with Crippen molar-refractivity contribution in [2.45, 2.75) is 50.6 Å². The zero-order chi connectivity index (χ0) is 13.2. The van der Waals surface area contributed by atoms with Crippen LogP contribution in [0.4, 0.5) is 0 Å². The Hall–Kier alpha value is -1.35. The lowest BCUT2D eigenvalue weighted by atomic mass is 10.1. The molecule has 3 rings (SSSR count). The van der Waals surface area contributed by atoms with E-state index in [1.165, 1.54) is 36.8 Å². The highest BCUT2D eigenvalue weighted by molar-refractivity contribution is 5.66. The molecule has 0 unspecified atom stereocenters. The highest BCUT2D eigenvalue weighted by Crippen LogP contribution is 2.40. The maximum Gasteiger partial charge on any atom is 0.304 e. The van der Waals surface area contributed by atoms with Crippen molar-refractivity contribution >= 4 is 5.97 Å². The lowest BCUT2D eigenvalue weighted by molar-refractivity contribution is -0.137. The molecule has 2 fully saturated rings. The number of benzene rings is 1. The normalized spacial score (nSPS) is 18.8. The zero-order valence-electron chi connectivity index (χ0n) is 11.2. The Balaban J connectivity index is 1.63. The summed E-state index contributed by atoms with van der Waals surface area (Å²) in [4.78, 5) is 13.1. The summed E-state index contributed by atoms with van der Waals surface area (Å²) in [7, 11) is 0. The first-order chi connectivity index (χ1) is 9.22. The molecule has 0 aliphatic heterocycles. The summed E-state index contributed by atoms with van der Waals surface area (Å²) >= 11 is 0. The van der Waals surface area contributed by atoms with Gasteiger partial charge in [0.2, 0.25) is 0 Å². The molecule has 2 aliphatic rings. The van der Waals surface area contributed by atoms with Gasteiger partial charge in [0.05, 0.1) is 6.42 Å². The zero-order valence-corrected chi connectivity index (χ0v) is 11.2. The number of carboxylic acids is 1. The minimum atomic E-state index is -0.697. The fourth-order valence-electron chi connectivity index (χ4n) is 2.67. The third kappa shape index (κ3) is 3.57. The van der Waals surface area contributed by atoms with Crippen molar-refractivity contribution in [3.05, 3.63) is 35.4 Å². The van der Waals surface area contributed by atoms with Gasteiger partial charge < -0.3 is 5.11 Å². The molecular formula is C16H21NO2. The van der Waals surface area contributed by atoms with E-state index in [4.69, 9.17) is 5.11 Å². The van der Waals surface area contributed by atoms with Gasteiger partial charge in [0.25, 0.3) is 0 Å². The third-order valence-electron chi connectivity index (χ3n) is 4.06. The highest BCUT2D eigenvalue weighted by Gasteiger charge is 2.29. The molecule has 102 valence electrons. The van der Waals surface area contributed by atoms with E-state index in [0.717, 1.165) is 12.5 Å². The summed E-state index contributed by atoms with van der Waals surface area (Å²) in [5.74, 6) is 0.0886. The van der Waals surface area contributed by atoms with Crippen molar-refractivity contribution in [3.63, 3.8) is 0 Å².